The third kappa shape index (κ3) is 5.04. The Morgan fingerprint density at radius 2 is 1.85 bits per heavy atom. The third-order valence-corrected chi connectivity index (χ3v) is 6.26. The molecule has 0 spiro atoms. The lowest BCUT2D eigenvalue weighted by Crippen LogP contribution is -2.06. The van der Waals surface area contributed by atoms with Gasteiger partial charge in [0.1, 0.15) is 6.61 Å². The molecule has 0 saturated heterocycles. The second kappa shape index (κ2) is 9.52. The molecule has 3 aromatic carbocycles. The number of carbonyl (C=O) groups excluding carboxylic acids is 1. The van der Waals surface area contributed by atoms with Crippen LogP contribution in [-0.2, 0) is 17.6 Å². The number of methoxy groups -OCH3 is 1. The lowest BCUT2D eigenvalue weighted by atomic mass is 10.0. The summed E-state index contributed by atoms with van der Waals surface area (Å²) in [6.07, 6.45) is -2.93. The summed E-state index contributed by atoms with van der Waals surface area (Å²) in [6, 6.07) is 11.6. The zero-order chi connectivity index (χ0) is 24.6. The Morgan fingerprint density at radius 3 is 2.53 bits per heavy atom. The molecule has 0 aromatic heterocycles. The van der Waals surface area contributed by atoms with E-state index in [9.17, 15) is 18.0 Å². The molecule has 0 fully saturated rings. The molecule has 1 heterocycles. The molecule has 10 heteroatoms. The SMILES string of the molecule is COc1cc(/C=C2\C(=O)Nc3cc(C(F)(F)F)ccc32)cc(Br)c1OCc1ccc(Cl)cc1Cl. The van der Waals surface area contributed by atoms with Crippen LogP contribution in [0.1, 0.15) is 22.3 Å². The van der Waals surface area contributed by atoms with E-state index in [1.165, 1.54) is 13.2 Å². The van der Waals surface area contributed by atoms with Crippen LogP contribution in [0.25, 0.3) is 11.6 Å². The van der Waals surface area contributed by atoms with Crippen LogP contribution in [0.5, 0.6) is 11.5 Å². The van der Waals surface area contributed by atoms with Crippen LogP contribution in [0, 0.1) is 0 Å². The van der Waals surface area contributed by atoms with Gasteiger partial charge in [0.25, 0.3) is 5.91 Å². The number of amides is 1. The minimum Gasteiger partial charge on any atom is -0.493 e. The number of rotatable bonds is 5. The van der Waals surface area contributed by atoms with Gasteiger partial charge in [-0.15, -0.1) is 0 Å². The number of fused-ring (bicyclic) bond motifs is 1. The van der Waals surface area contributed by atoms with E-state index in [0.29, 0.717) is 37.1 Å². The van der Waals surface area contributed by atoms with E-state index in [4.69, 9.17) is 32.7 Å². The summed E-state index contributed by atoms with van der Waals surface area (Å²) in [5.74, 6) is 0.307. The van der Waals surface area contributed by atoms with Crippen LogP contribution in [0.4, 0.5) is 18.9 Å². The molecule has 0 bridgehead atoms. The minimum absolute atomic E-state index is 0.108. The fraction of sp³-hybridized carbons (Fsp3) is 0.125. The first-order valence-corrected chi connectivity index (χ1v) is 11.3. The predicted octanol–water partition coefficient (Wildman–Crippen LogP) is 7.86. The van der Waals surface area contributed by atoms with Gasteiger partial charge in [-0.05, 0) is 64.0 Å². The number of carbonyl (C=O) groups is 1. The molecular formula is C24H15BrCl2F3NO3. The Hall–Kier alpha value is -2.68. The Morgan fingerprint density at radius 1 is 1.09 bits per heavy atom. The Labute approximate surface area is 211 Å². The lowest BCUT2D eigenvalue weighted by Gasteiger charge is -2.14. The highest BCUT2D eigenvalue weighted by Crippen LogP contribution is 2.41. The van der Waals surface area contributed by atoms with Gasteiger partial charge in [-0.1, -0.05) is 35.3 Å². The van der Waals surface area contributed by atoms with E-state index in [1.807, 2.05) is 0 Å². The molecule has 1 aliphatic heterocycles. The quantitative estimate of drug-likeness (QED) is 0.317. The highest BCUT2D eigenvalue weighted by atomic mass is 79.9. The Bertz CT molecular complexity index is 1330. The van der Waals surface area contributed by atoms with E-state index in [0.717, 1.165) is 17.7 Å². The topological polar surface area (TPSA) is 47.6 Å². The summed E-state index contributed by atoms with van der Waals surface area (Å²) >= 11 is 15.6. The monoisotopic (exact) mass is 571 g/mol. The van der Waals surface area contributed by atoms with Gasteiger partial charge in [-0.25, -0.2) is 0 Å². The van der Waals surface area contributed by atoms with Crippen molar-refractivity contribution in [2.45, 2.75) is 12.8 Å². The van der Waals surface area contributed by atoms with Gasteiger partial charge in [0.15, 0.2) is 11.5 Å². The van der Waals surface area contributed by atoms with Crippen molar-refractivity contribution in [1.82, 2.24) is 0 Å². The van der Waals surface area contributed by atoms with Crippen molar-refractivity contribution < 1.29 is 27.4 Å². The van der Waals surface area contributed by atoms with Gasteiger partial charge < -0.3 is 14.8 Å². The number of alkyl halides is 3. The molecule has 4 nitrogen and oxygen atoms in total. The van der Waals surface area contributed by atoms with Crippen LogP contribution in [0.2, 0.25) is 10.0 Å². The molecule has 0 aliphatic carbocycles. The zero-order valence-electron chi connectivity index (χ0n) is 17.4. The highest BCUT2D eigenvalue weighted by Gasteiger charge is 2.33. The van der Waals surface area contributed by atoms with Gasteiger partial charge in [0.05, 0.1) is 17.1 Å². The fourth-order valence-corrected chi connectivity index (χ4v) is 4.47. The number of halogens is 6. The smallest absolute Gasteiger partial charge is 0.416 e. The molecule has 3 aromatic rings. The molecule has 1 aliphatic rings. The number of anilines is 1. The molecule has 34 heavy (non-hydrogen) atoms. The van der Waals surface area contributed by atoms with Crippen LogP contribution in [0.15, 0.2) is 53.0 Å². The second-order valence-electron chi connectivity index (χ2n) is 7.33. The number of hydrogen-bond donors (Lipinski definition) is 1. The van der Waals surface area contributed by atoms with E-state index < -0.39 is 17.6 Å². The number of benzene rings is 3. The van der Waals surface area contributed by atoms with Crippen LogP contribution in [0.3, 0.4) is 0 Å². The van der Waals surface area contributed by atoms with Crippen LogP contribution < -0.4 is 14.8 Å². The lowest BCUT2D eigenvalue weighted by molar-refractivity contribution is -0.137. The van der Waals surface area contributed by atoms with Gasteiger partial charge in [-0.3, -0.25) is 4.79 Å². The van der Waals surface area contributed by atoms with E-state index in [1.54, 1.807) is 36.4 Å². The molecule has 0 radical (unpaired) electrons. The summed E-state index contributed by atoms with van der Waals surface area (Å²) in [5, 5.41) is 3.46. The largest absolute Gasteiger partial charge is 0.493 e. The van der Waals surface area contributed by atoms with Gasteiger partial charge in [0, 0.05) is 32.4 Å². The molecular weight excluding hydrogens is 558 g/mol. The standard InChI is InChI=1S/C24H15BrCl2F3NO3/c1-33-21-8-12(7-18(25)22(21)34-11-13-2-4-15(26)10-19(13)27)6-17-16-5-3-14(24(28,29)30)9-20(16)31-23(17)32/h2-10H,11H2,1H3,(H,31,32)/b17-6-. The van der Waals surface area contributed by atoms with Crippen molar-refractivity contribution in [3.63, 3.8) is 0 Å². The summed E-state index contributed by atoms with van der Waals surface area (Å²) < 4.78 is 50.9. The van der Waals surface area contributed by atoms with Crippen molar-refractivity contribution in [3.8, 4) is 11.5 Å². The van der Waals surface area contributed by atoms with Crippen molar-refractivity contribution in [3.05, 3.63) is 85.3 Å². The number of nitrogens with one attached hydrogen (secondary N) is 1. The molecule has 1 N–H and O–H groups in total. The van der Waals surface area contributed by atoms with Crippen molar-refractivity contribution >= 4 is 62.4 Å². The average molecular weight is 573 g/mol. The first kappa shape index (κ1) is 24.4. The minimum atomic E-state index is -4.50. The molecule has 176 valence electrons. The highest BCUT2D eigenvalue weighted by molar-refractivity contribution is 9.10. The molecule has 0 saturated carbocycles. The summed E-state index contributed by atoms with van der Waals surface area (Å²) in [6.45, 7) is 0.155. The van der Waals surface area contributed by atoms with E-state index in [-0.39, 0.29) is 17.9 Å². The normalized spacial score (nSPS) is 14.2. The molecule has 0 unspecified atom stereocenters. The van der Waals surface area contributed by atoms with Gasteiger partial charge in [0.2, 0.25) is 0 Å². The zero-order valence-corrected chi connectivity index (χ0v) is 20.5. The second-order valence-corrected chi connectivity index (χ2v) is 9.03. The van der Waals surface area contributed by atoms with Crippen LogP contribution >= 0.6 is 39.1 Å². The number of ether oxygens (including phenoxy) is 2. The first-order chi connectivity index (χ1) is 16.1. The Balaban J connectivity index is 1.64. The summed E-state index contributed by atoms with van der Waals surface area (Å²) in [5.41, 5.74) is 1.20. The molecule has 1 amide bonds. The summed E-state index contributed by atoms with van der Waals surface area (Å²) in [4.78, 5) is 12.5. The molecule has 0 atom stereocenters. The van der Waals surface area contributed by atoms with Crippen molar-refractivity contribution in [2.24, 2.45) is 0 Å². The number of hydrogen-bond acceptors (Lipinski definition) is 3. The van der Waals surface area contributed by atoms with Crippen LogP contribution in [-0.4, -0.2) is 13.0 Å². The van der Waals surface area contributed by atoms with E-state index >= 15 is 0 Å². The van der Waals surface area contributed by atoms with Crippen molar-refractivity contribution in [1.29, 1.82) is 0 Å². The average Bonchev–Trinajstić information content (AvgIpc) is 3.07. The van der Waals surface area contributed by atoms with Crippen molar-refractivity contribution in [2.75, 3.05) is 12.4 Å². The Kier molecular flexibility index (Phi) is 6.85. The maximum atomic E-state index is 13.0. The third-order valence-electron chi connectivity index (χ3n) is 5.08. The molecule has 4 rings (SSSR count). The van der Waals surface area contributed by atoms with Gasteiger partial charge in [-0.2, -0.15) is 13.2 Å². The predicted molar refractivity (Wildman–Crippen MR) is 129 cm³/mol. The van der Waals surface area contributed by atoms with Gasteiger partial charge >= 0.3 is 6.18 Å². The maximum Gasteiger partial charge on any atom is 0.416 e. The maximum absolute atomic E-state index is 13.0. The first-order valence-electron chi connectivity index (χ1n) is 9.75. The summed E-state index contributed by atoms with van der Waals surface area (Å²) in [7, 11) is 1.47. The van der Waals surface area contributed by atoms with E-state index in [2.05, 4.69) is 21.2 Å². The fourth-order valence-electron chi connectivity index (χ4n) is 3.43.